The maximum atomic E-state index is 12.4. The number of anilines is 1. The molecule has 1 amide bonds. The van der Waals surface area contributed by atoms with Crippen LogP contribution in [0, 0.1) is 6.92 Å². The molecule has 8 heteroatoms. The summed E-state index contributed by atoms with van der Waals surface area (Å²) in [7, 11) is -3.76. The van der Waals surface area contributed by atoms with Crippen LogP contribution in [0.15, 0.2) is 47.4 Å². The Labute approximate surface area is 169 Å². The molecule has 148 valence electrons. The van der Waals surface area contributed by atoms with E-state index in [2.05, 4.69) is 35.8 Å². The predicted molar refractivity (Wildman–Crippen MR) is 113 cm³/mol. The summed E-state index contributed by atoms with van der Waals surface area (Å²) in [6.07, 6.45) is 0. The number of sulfonamides is 1. The highest BCUT2D eigenvalue weighted by molar-refractivity contribution is 7.89. The fourth-order valence-corrected chi connectivity index (χ4v) is 4.49. The van der Waals surface area contributed by atoms with Gasteiger partial charge in [0.25, 0.3) is 0 Å². The van der Waals surface area contributed by atoms with E-state index in [1.165, 1.54) is 0 Å². The maximum absolute atomic E-state index is 12.4. The van der Waals surface area contributed by atoms with Crippen molar-refractivity contribution in [3.63, 3.8) is 0 Å². The number of aryl methyl sites for hydroxylation is 1. The van der Waals surface area contributed by atoms with Crippen LogP contribution in [0.3, 0.4) is 0 Å². The quantitative estimate of drug-likeness (QED) is 0.661. The summed E-state index contributed by atoms with van der Waals surface area (Å²) in [5.74, 6) is -0.443. The molecular formula is C20H23N3O3S2. The van der Waals surface area contributed by atoms with Gasteiger partial charge < -0.3 is 5.32 Å². The van der Waals surface area contributed by atoms with Gasteiger partial charge in [0.2, 0.25) is 15.9 Å². The monoisotopic (exact) mass is 417 g/mol. The SMILES string of the molecule is Cc1nc2cc(NC(=O)CNS(=O)(=O)c3ccc(C(C)(C)C)cc3)ccc2s1. The number of thiazole rings is 1. The Morgan fingerprint density at radius 1 is 1.11 bits per heavy atom. The Hall–Kier alpha value is -2.29. The summed E-state index contributed by atoms with van der Waals surface area (Å²) < 4.78 is 28.2. The standard InChI is InChI=1S/C20H23N3O3S2/c1-13-22-17-11-15(7-10-18(17)27-13)23-19(24)12-21-28(25,26)16-8-5-14(6-9-16)20(2,3)4/h5-11,21H,12H2,1-4H3,(H,23,24). The van der Waals surface area contributed by atoms with Gasteiger partial charge in [-0.05, 0) is 48.2 Å². The number of rotatable bonds is 5. The van der Waals surface area contributed by atoms with E-state index >= 15 is 0 Å². The van der Waals surface area contributed by atoms with Crippen LogP contribution in [0.25, 0.3) is 10.2 Å². The van der Waals surface area contributed by atoms with Gasteiger partial charge in [-0.2, -0.15) is 0 Å². The first kappa shape index (κ1) is 20.4. The minimum atomic E-state index is -3.76. The van der Waals surface area contributed by atoms with Crippen molar-refractivity contribution in [3.8, 4) is 0 Å². The fourth-order valence-electron chi connectivity index (χ4n) is 2.70. The molecule has 0 saturated carbocycles. The molecule has 28 heavy (non-hydrogen) atoms. The molecule has 0 spiro atoms. The molecule has 1 aromatic heterocycles. The van der Waals surface area contributed by atoms with Gasteiger partial charge in [0.15, 0.2) is 0 Å². The van der Waals surface area contributed by atoms with Crippen molar-refractivity contribution in [3.05, 3.63) is 53.0 Å². The van der Waals surface area contributed by atoms with E-state index in [1.54, 1.807) is 47.7 Å². The fraction of sp³-hybridized carbons (Fsp3) is 0.300. The Bertz CT molecular complexity index is 1110. The van der Waals surface area contributed by atoms with E-state index in [4.69, 9.17) is 0 Å². The molecule has 0 aliphatic carbocycles. The zero-order valence-corrected chi connectivity index (χ0v) is 17.9. The predicted octanol–water partition coefficient (Wildman–Crippen LogP) is 3.82. The van der Waals surface area contributed by atoms with E-state index in [0.29, 0.717) is 5.69 Å². The van der Waals surface area contributed by atoms with Crippen molar-refractivity contribution < 1.29 is 13.2 Å². The smallest absolute Gasteiger partial charge is 0.241 e. The average molecular weight is 418 g/mol. The second kappa shape index (κ2) is 7.62. The molecule has 2 aromatic carbocycles. The summed E-state index contributed by atoms with van der Waals surface area (Å²) in [5, 5.41) is 3.64. The molecule has 0 radical (unpaired) electrons. The Balaban J connectivity index is 1.63. The number of nitrogens with zero attached hydrogens (tertiary/aromatic N) is 1. The molecule has 0 aliphatic rings. The molecule has 0 saturated heterocycles. The van der Waals surface area contributed by atoms with Crippen molar-refractivity contribution in [2.24, 2.45) is 0 Å². The van der Waals surface area contributed by atoms with Gasteiger partial charge in [-0.1, -0.05) is 32.9 Å². The normalized spacial score (nSPS) is 12.3. The lowest BCUT2D eigenvalue weighted by Crippen LogP contribution is -2.33. The lowest BCUT2D eigenvalue weighted by Gasteiger charge is -2.19. The van der Waals surface area contributed by atoms with Crippen LogP contribution < -0.4 is 10.0 Å². The van der Waals surface area contributed by atoms with Crippen LogP contribution >= 0.6 is 11.3 Å². The first-order valence-corrected chi connectivity index (χ1v) is 11.1. The molecular weight excluding hydrogens is 394 g/mol. The number of fused-ring (bicyclic) bond motifs is 1. The minimum Gasteiger partial charge on any atom is -0.325 e. The van der Waals surface area contributed by atoms with Gasteiger partial charge in [-0.25, -0.2) is 18.1 Å². The number of amides is 1. The number of hydrogen-bond donors (Lipinski definition) is 2. The summed E-state index contributed by atoms with van der Waals surface area (Å²) >= 11 is 1.58. The van der Waals surface area contributed by atoms with Crippen LogP contribution in [0.5, 0.6) is 0 Å². The summed E-state index contributed by atoms with van der Waals surface area (Å²) in [4.78, 5) is 16.7. The molecule has 0 unspecified atom stereocenters. The lowest BCUT2D eigenvalue weighted by atomic mass is 9.87. The lowest BCUT2D eigenvalue weighted by molar-refractivity contribution is -0.115. The molecule has 0 atom stereocenters. The van der Waals surface area contributed by atoms with E-state index < -0.39 is 15.9 Å². The highest BCUT2D eigenvalue weighted by atomic mass is 32.2. The molecule has 1 heterocycles. The van der Waals surface area contributed by atoms with E-state index in [1.807, 2.05) is 13.0 Å². The Morgan fingerprint density at radius 2 is 1.79 bits per heavy atom. The van der Waals surface area contributed by atoms with Gasteiger partial charge in [-0.15, -0.1) is 11.3 Å². The minimum absolute atomic E-state index is 0.0629. The maximum Gasteiger partial charge on any atom is 0.241 e. The third-order valence-corrected chi connectivity index (χ3v) is 6.60. The second-order valence-electron chi connectivity index (χ2n) is 7.56. The third kappa shape index (κ3) is 4.76. The molecule has 0 fully saturated rings. The van der Waals surface area contributed by atoms with Gasteiger partial charge in [0.05, 0.1) is 26.7 Å². The molecule has 0 bridgehead atoms. The van der Waals surface area contributed by atoms with Crippen molar-refractivity contribution in [1.82, 2.24) is 9.71 Å². The first-order valence-electron chi connectivity index (χ1n) is 8.82. The number of nitrogens with one attached hydrogen (secondary N) is 2. The summed E-state index contributed by atoms with van der Waals surface area (Å²) in [6.45, 7) is 7.75. The zero-order valence-electron chi connectivity index (χ0n) is 16.2. The van der Waals surface area contributed by atoms with Gasteiger partial charge in [-0.3, -0.25) is 4.79 Å². The number of carbonyl (C=O) groups is 1. The summed E-state index contributed by atoms with van der Waals surface area (Å²) in [5.41, 5.74) is 2.36. The molecule has 2 N–H and O–H groups in total. The van der Waals surface area contributed by atoms with Crippen LogP contribution in [-0.2, 0) is 20.2 Å². The van der Waals surface area contributed by atoms with Crippen LogP contribution in [0.4, 0.5) is 5.69 Å². The third-order valence-electron chi connectivity index (χ3n) is 4.23. The van der Waals surface area contributed by atoms with Crippen LogP contribution in [-0.4, -0.2) is 25.9 Å². The van der Waals surface area contributed by atoms with E-state index in [9.17, 15) is 13.2 Å². The molecule has 3 rings (SSSR count). The largest absolute Gasteiger partial charge is 0.325 e. The van der Waals surface area contributed by atoms with E-state index in [0.717, 1.165) is 20.8 Å². The van der Waals surface area contributed by atoms with Crippen molar-refractivity contribution in [2.45, 2.75) is 38.0 Å². The average Bonchev–Trinajstić information content (AvgIpc) is 2.99. The Kier molecular flexibility index (Phi) is 5.56. The highest BCUT2D eigenvalue weighted by Crippen LogP contribution is 2.25. The molecule has 0 aliphatic heterocycles. The zero-order chi connectivity index (χ0) is 20.5. The number of carbonyl (C=O) groups excluding carboxylic acids is 1. The highest BCUT2D eigenvalue weighted by Gasteiger charge is 2.18. The van der Waals surface area contributed by atoms with Crippen molar-refractivity contribution in [2.75, 3.05) is 11.9 Å². The van der Waals surface area contributed by atoms with Gasteiger partial charge >= 0.3 is 0 Å². The molecule has 3 aromatic rings. The number of benzene rings is 2. The van der Waals surface area contributed by atoms with Crippen LogP contribution in [0.2, 0.25) is 0 Å². The van der Waals surface area contributed by atoms with Crippen molar-refractivity contribution in [1.29, 1.82) is 0 Å². The first-order chi connectivity index (χ1) is 13.0. The molecule has 6 nitrogen and oxygen atoms in total. The van der Waals surface area contributed by atoms with Gasteiger partial charge in [0, 0.05) is 5.69 Å². The van der Waals surface area contributed by atoms with Crippen LogP contribution in [0.1, 0.15) is 31.3 Å². The second-order valence-corrected chi connectivity index (χ2v) is 10.6. The van der Waals surface area contributed by atoms with Gasteiger partial charge in [0.1, 0.15) is 0 Å². The van der Waals surface area contributed by atoms with Crippen molar-refractivity contribution >= 4 is 43.2 Å². The van der Waals surface area contributed by atoms with E-state index in [-0.39, 0.29) is 16.9 Å². The topological polar surface area (TPSA) is 88.2 Å². The Morgan fingerprint density at radius 3 is 2.43 bits per heavy atom. The number of aromatic nitrogens is 1. The number of hydrogen-bond acceptors (Lipinski definition) is 5. The summed E-state index contributed by atoms with van der Waals surface area (Å²) in [6, 6.07) is 12.1.